The fraction of sp³-hybridized carbons (Fsp3) is 0.250. The van der Waals surface area contributed by atoms with Crippen LogP contribution in [0.5, 0.6) is 5.75 Å². The smallest absolute Gasteiger partial charge is 0.243 e. The molecule has 0 radical (unpaired) electrons. The van der Waals surface area contributed by atoms with Gasteiger partial charge in [0.15, 0.2) is 0 Å². The zero-order chi connectivity index (χ0) is 16.4. The van der Waals surface area contributed by atoms with Gasteiger partial charge >= 0.3 is 0 Å². The zero-order valence-corrected chi connectivity index (χ0v) is 13.2. The first kappa shape index (κ1) is 15.8. The molecule has 1 heterocycles. The molecule has 2 aromatic carbocycles. The molecular formula is C16H17FN2O3S. The van der Waals surface area contributed by atoms with Crippen molar-refractivity contribution in [3.63, 3.8) is 0 Å². The Morgan fingerprint density at radius 1 is 0.957 bits per heavy atom. The third-order valence-electron chi connectivity index (χ3n) is 3.90. The van der Waals surface area contributed by atoms with Gasteiger partial charge in [0.05, 0.1) is 10.6 Å². The summed E-state index contributed by atoms with van der Waals surface area (Å²) in [6, 6.07) is 12.0. The molecule has 122 valence electrons. The summed E-state index contributed by atoms with van der Waals surface area (Å²) in [6.07, 6.45) is 0. The lowest BCUT2D eigenvalue weighted by Gasteiger charge is -2.35. The molecule has 23 heavy (non-hydrogen) atoms. The Hall–Kier alpha value is -2.12. The van der Waals surface area contributed by atoms with E-state index in [2.05, 4.69) is 0 Å². The van der Waals surface area contributed by atoms with Gasteiger partial charge < -0.3 is 10.0 Å². The normalized spacial score (nSPS) is 16.5. The van der Waals surface area contributed by atoms with Crippen LogP contribution in [0, 0.1) is 5.82 Å². The van der Waals surface area contributed by atoms with Crippen LogP contribution >= 0.6 is 0 Å². The molecule has 0 aliphatic carbocycles. The second kappa shape index (κ2) is 6.17. The van der Waals surface area contributed by atoms with Crippen molar-refractivity contribution < 1.29 is 17.9 Å². The molecule has 0 saturated carbocycles. The van der Waals surface area contributed by atoms with Gasteiger partial charge in [-0.05, 0) is 24.3 Å². The molecule has 3 rings (SSSR count). The zero-order valence-electron chi connectivity index (χ0n) is 12.4. The highest BCUT2D eigenvalue weighted by Gasteiger charge is 2.29. The number of rotatable bonds is 3. The average Bonchev–Trinajstić information content (AvgIpc) is 2.58. The Morgan fingerprint density at radius 2 is 1.61 bits per heavy atom. The number of aromatic hydroxyl groups is 1. The van der Waals surface area contributed by atoms with Crippen molar-refractivity contribution in [1.29, 1.82) is 0 Å². The van der Waals surface area contributed by atoms with E-state index < -0.39 is 15.8 Å². The van der Waals surface area contributed by atoms with Gasteiger partial charge in [-0.15, -0.1) is 0 Å². The number of hydrogen-bond donors (Lipinski definition) is 1. The Kier molecular flexibility index (Phi) is 4.23. The Labute approximate surface area is 134 Å². The van der Waals surface area contributed by atoms with Crippen LogP contribution in [0.15, 0.2) is 53.4 Å². The first-order valence-corrected chi connectivity index (χ1v) is 8.71. The molecular weight excluding hydrogens is 319 g/mol. The maximum absolute atomic E-state index is 13.3. The van der Waals surface area contributed by atoms with E-state index in [4.69, 9.17) is 0 Å². The van der Waals surface area contributed by atoms with E-state index in [0.717, 1.165) is 0 Å². The third-order valence-corrected chi connectivity index (χ3v) is 5.81. The summed E-state index contributed by atoms with van der Waals surface area (Å²) in [5, 5.41) is 9.85. The van der Waals surface area contributed by atoms with Gasteiger partial charge in [0, 0.05) is 32.2 Å². The first-order chi connectivity index (χ1) is 11.0. The molecule has 1 N–H and O–H groups in total. The Bertz CT molecular complexity index is 788. The molecule has 1 fully saturated rings. The minimum absolute atomic E-state index is 0.00855. The van der Waals surface area contributed by atoms with E-state index in [-0.39, 0.29) is 23.7 Å². The minimum Gasteiger partial charge on any atom is -0.506 e. The highest BCUT2D eigenvalue weighted by atomic mass is 32.2. The summed E-state index contributed by atoms with van der Waals surface area (Å²) in [4.78, 5) is 2.05. The SMILES string of the molecule is O=S(=O)(c1ccccc1)N1CCN(c2cc(F)ccc2O)CC1. The first-order valence-electron chi connectivity index (χ1n) is 7.27. The minimum atomic E-state index is -3.52. The number of nitrogens with zero attached hydrogens (tertiary/aromatic N) is 2. The van der Waals surface area contributed by atoms with Crippen molar-refractivity contribution >= 4 is 15.7 Å². The van der Waals surface area contributed by atoms with Crippen molar-refractivity contribution in [3.8, 4) is 5.75 Å². The van der Waals surface area contributed by atoms with Crippen molar-refractivity contribution in [3.05, 3.63) is 54.3 Å². The van der Waals surface area contributed by atoms with Crippen LogP contribution in [0.3, 0.4) is 0 Å². The molecule has 1 saturated heterocycles. The van der Waals surface area contributed by atoms with E-state index in [0.29, 0.717) is 18.8 Å². The highest BCUT2D eigenvalue weighted by Crippen LogP contribution is 2.29. The lowest BCUT2D eigenvalue weighted by Crippen LogP contribution is -2.48. The van der Waals surface area contributed by atoms with Crippen LogP contribution < -0.4 is 4.90 Å². The maximum Gasteiger partial charge on any atom is 0.243 e. The maximum atomic E-state index is 13.3. The van der Waals surface area contributed by atoms with Crippen molar-refractivity contribution in [2.24, 2.45) is 0 Å². The average molecular weight is 336 g/mol. The molecule has 0 spiro atoms. The van der Waals surface area contributed by atoms with E-state index >= 15 is 0 Å². The monoisotopic (exact) mass is 336 g/mol. The molecule has 2 aromatic rings. The van der Waals surface area contributed by atoms with Gasteiger partial charge in [0.2, 0.25) is 10.0 Å². The quantitative estimate of drug-likeness (QED) is 0.932. The second-order valence-corrected chi connectivity index (χ2v) is 7.28. The molecule has 0 amide bonds. The Morgan fingerprint density at radius 3 is 2.26 bits per heavy atom. The molecule has 5 nitrogen and oxygen atoms in total. The highest BCUT2D eigenvalue weighted by molar-refractivity contribution is 7.89. The van der Waals surface area contributed by atoms with Gasteiger partial charge in [0.1, 0.15) is 11.6 Å². The standard InChI is InChI=1S/C16H17FN2O3S/c17-13-6-7-16(20)15(12-13)18-8-10-19(11-9-18)23(21,22)14-4-2-1-3-5-14/h1-7,12,20H,8-11H2. The number of anilines is 1. The Balaban J connectivity index is 1.75. The molecule has 0 unspecified atom stereocenters. The molecule has 1 aliphatic rings. The molecule has 1 aliphatic heterocycles. The van der Waals surface area contributed by atoms with Gasteiger partial charge in [-0.25, -0.2) is 12.8 Å². The molecule has 0 bridgehead atoms. The number of phenolic OH excluding ortho intramolecular Hbond substituents is 1. The summed E-state index contributed by atoms with van der Waals surface area (Å²) < 4.78 is 39.9. The van der Waals surface area contributed by atoms with Crippen molar-refractivity contribution in [2.75, 3.05) is 31.1 Å². The van der Waals surface area contributed by atoms with Gasteiger partial charge in [0.25, 0.3) is 0 Å². The predicted octanol–water partition coefficient (Wildman–Crippen LogP) is 2.04. The van der Waals surface area contributed by atoms with E-state index in [1.165, 1.54) is 22.5 Å². The number of hydrogen-bond acceptors (Lipinski definition) is 4. The fourth-order valence-electron chi connectivity index (χ4n) is 2.66. The number of piperazine rings is 1. The van der Waals surface area contributed by atoms with Gasteiger partial charge in [-0.2, -0.15) is 4.31 Å². The van der Waals surface area contributed by atoms with Crippen molar-refractivity contribution in [2.45, 2.75) is 4.90 Å². The molecule has 0 aromatic heterocycles. The van der Waals surface area contributed by atoms with Crippen LogP contribution in [0.2, 0.25) is 0 Å². The van der Waals surface area contributed by atoms with E-state index in [1.807, 2.05) is 0 Å². The van der Waals surface area contributed by atoms with Gasteiger partial charge in [-0.3, -0.25) is 0 Å². The lowest BCUT2D eigenvalue weighted by molar-refractivity contribution is 0.381. The van der Waals surface area contributed by atoms with Crippen LogP contribution in [0.1, 0.15) is 0 Å². The van der Waals surface area contributed by atoms with E-state index in [1.54, 1.807) is 35.2 Å². The summed E-state index contributed by atoms with van der Waals surface area (Å²) in [5.74, 6) is -0.442. The summed E-state index contributed by atoms with van der Waals surface area (Å²) >= 11 is 0. The third kappa shape index (κ3) is 3.16. The van der Waals surface area contributed by atoms with Crippen LogP contribution in [0.4, 0.5) is 10.1 Å². The second-order valence-electron chi connectivity index (χ2n) is 5.34. The number of sulfonamides is 1. The molecule has 7 heteroatoms. The number of halogens is 1. The van der Waals surface area contributed by atoms with E-state index in [9.17, 15) is 17.9 Å². The van der Waals surface area contributed by atoms with Crippen LogP contribution in [-0.2, 0) is 10.0 Å². The summed E-state index contributed by atoms with van der Waals surface area (Å²) in [6.45, 7) is 1.35. The summed E-state index contributed by atoms with van der Waals surface area (Å²) in [7, 11) is -3.52. The molecule has 0 atom stereocenters. The lowest BCUT2D eigenvalue weighted by atomic mass is 10.2. The number of phenols is 1. The largest absolute Gasteiger partial charge is 0.506 e. The van der Waals surface area contributed by atoms with Gasteiger partial charge in [-0.1, -0.05) is 18.2 Å². The topological polar surface area (TPSA) is 60.9 Å². The van der Waals surface area contributed by atoms with Crippen LogP contribution in [0.25, 0.3) is 0 Å². The summed E-state index contributed by atoms with van der Waals surface area (Å²) in [5.41, 5.74) is 0.391. The fourth-order valence-corrected chi connectivity index (χ4v) is 4.10. The number of benzene rings is 2. The van der Waals surface area contributed by atoms with Crippen LogP contribution in [-0.4, -0.2) is 44.0 Å². The predicted molar refractivity (Wildman–Crippen MR) is 85.5 cm³/mol. The van der Waals surface area contributed by atoms with Crippen molar-refractivity contribution in [1.82, 2.24) is 4.31 Å².